The maximum Gasteiger partial charge on any atom is 0.494 e. The van der Waals surface area contributed by atoms with Gasteiger partial charge in [0, 0.05) is 38.3 Å². The highest BCUT2D eigenvalue weighted by atomic mass is 79.9. The fourth-order valence-corrected chi connectivity index (χ4v) is 8.40. The predicted molar refractivity (Wildman–Crippen MR) is 210 cm³/mol. The van der Waals surface area contributed by atoms with Crippen LogP contribution >= 0.6 is 76.1 Å². The molecule has 1 aliphatic heterocycles. The van der Waals surface area contributed by atoms with Crippen LogP contribution in [0.1, 0.15) is 42.5 Å². The normalized spacial score (nSPS) is 15.0. The van der Waals surface area contributed by atoms with Crippen molar-refractivity contribution in [1.29, 1.82) is 0 Å². The van der Waals surface area contributed by atoms with Crippen molar-refractivity contribution in [2.45, 2.75) is 53.8 Å². The summed E-state index contributed by atoms with van der Waals surface area (Å²) in [6.45, 7) is 14.9. The minimum Gasteiger partial charge on any atom is -0.399 e. The number of hydrogen-bond acceptors (Lipinski definition) is 10. The lowest BCUT2D eigenvalue weighted by Crippen LogP contribution is -2.41. The second-order valence-electron chi connectivity index (χ2n) is 11.8. The second-order valence-corrected chi connectivity index (χ2v) is 21.9. The van der Waals surface area contributed by atoms with E-state index in [9.17, 15) is 9.13 Å². The molecule has 8 nitrogen and oxygen atoms in total. The Morgan fingerprint density at radius 3 is 1.63 bits per heavy atom. The Kier molecular flexibility index (Phi) is 15.3. The highest BCUT2D eigenvalue weighted by Gasteiger charge is 2.51. The van der Waals surface area contributed by atoms with Crippen molar-refractivity contribution in [2.75, 3.05) is 38.1 Å². The predicted octanol–water partition coefficient (Wildman–Crippen LogP) is 8.94. The summed E-state index contributed by atoms with van der Waals surface area (Å²) in [7, 11) is -5.25. The molecule has 1 saturated heterocycles. The van der Waals surface area contributed by atoms with Crippen LogP contribution in [0.4, 0.5) is 11.4 Å². The lowest BCUT2D eigenvalue weighted by molar-refractivity contribution is 0.00578. The van der Waals surface area contributed by atoms with E-state index >= 15 is 0 Å². The smallest absolute Gasteiger partial charge is 0.399 e. The molecule has 3 heterocycles. The Morgan fingerprint density at radius 1 is 0.783 bits per heavy atom. The molecule has 0 bridgehead atoms. The van der Waals surface area contributed by atoms with E-state index in [-0.39, 0.29) is 26.1 Å². The fourth-order valence-electron chi connectivity index (χ4n) is 3.92. The molecule has 16 heteroatoms. The molecule has 0 aliphatic carbocycles. The van der Waals surface area contributed by atoms with E-state index in [1.165, 1.54) is 22.7 Å². The van der Waals surface area contributed by atoms with Crippen molar-refractivity contribution < 1.29 is 18.4 Å². The van der Waals surface area contributed by atoms with Gasteiger partial charge >= 0.3 is 7.12 Å². The Bertz CT molecular complexity index is 1690. The van der Waals surface area contributed by atoms with Crippen molar-refractivity contribution in [3.8, 4) is 10.6 Å². The van der Waals surface area contributed by atoms with Crippen molar-refractivity contribution >= 4 is 111 Å². The third-order valence-corrected chi connectivity index (χ3v) is 12.9. The molecular weight excluding hydrogens is 768 g/mol. The van der Waals surface area contributed by atoms with Crippen LogP contribution in [0.2, 0.25) is 10.3 Å². The van der Waals surface area contributed by atoms with Gasteiger partial charge in [-0.15, -0.1) is 22.7 Å². The number of nitrogens with two attached hydrogens (primary N) is 2. The van der Waals surface area contributed by atoms with Crippen LogP contribution in [0.3, 0.4) is 0 Å². The third-order valence-electron chi connectivity index (χ3n) is 6.94. The van der Waals surface area contributed by atoms with Crippen molar-refractivity contribution in [1.82, 2.24) is 9.97 Å². The summed E-state index contributed by atoms with van der Waals surface area (Å²) in [5.41, 5.74) is 13.9. The van der Waals surface area contributed by atoms with Gasteiger partial charge in [-0.1, -0.05) is 44.1 Å². The summed E-state index contributed by atoms with van der Waals surface area (Å²) in [6.07, 6.45) is 0. The van der Waals surface area contributed by atoms with Crippen molar-refractivity contribution in [2.24, 2.45) is 0 Å². The molecule has 2 aromatic carbocycles. The zero-order chi connectivity index (χ0) is 33.3. The molecular formula is C30H44BBrCl2N4O4P2S2. The first-order chi connectivity index (χ1) is 20.1. The molecule has 2 aromatic heterocycles. The van der Waals surface area contributed by atoms with Gasteiger partial charge in [-0.2, -0.15) is 0 Å². The Hall–Kier alpha value is -1.20. The standard InChI is InChI=1S/C14H23BNO3P.C11H12ClN2OPS.C3HBrClNS.2CH4/c1-13(2)14(3,4)19-15(18-13)10-7-8-11(16)12(9-10)20(5,6)17;1-16(2,15)9-5-7(3-4-8(9)13)11-14-10(12)6-17-11;4-3-6-2(5)1-7-3;;/h7-9H,16H2,1-6H3;3-6H,13H2,1-2H3;1H;2*1H4. The zero-order valence-corrected chi connectivity index (χ0v) is 32.2. The number of nitrogens with zero attached hydrogens (tertiary/aromatic N) is 2. The van der Waals surface area contributed by atoms with Crippen molar-refractivity contribution in [3.63, 3.8) is 0 Å². The van der Waals surface area contributed by atoms with Gasteiger partial charge in [-0.25, -0.2) is 9.97 Å². The van der Waals surface area contributed by atoms with Gasteiger partial charge in [-0.05, 0) is 106 Å². The van der Waals surface area contributed by atoms with Crippen LogP contribution in [0.5, 0.6) is 0 Å². The summed E-state index contributed by atoms with van der Waals surface area (Å²) in [4.78, 5) is 8.00. The van der Waals surface area contributed by atoms with E-state index < -0.39 is 21.4 Å². The summed E-state index contributed by atoms with van der Waals surface area (Å²) in [5.74, 6) is 0. The molecule has 0 amide bonds. The summed E-state index contributed by atoms with van der Waals surface area (Å²) >= 11 is 17.3. The molecule has 5 rings (SSSR count). The number of thiazole rings is 2. The maximum absolute atomic E-state index is 12.3. The van der Waals surface area contributed by atoms with E-state index in [1.807, 2.05) is 52.0 Å². The number of hydrogen-bond donors (Lipinski definition) is 2. The second kappa shape index (κ2) is 16.5. The lowest BCUT2D eigenvalue weighted by atomic mass is 9.79. The molecule has 1 aliphatic rings. The van der Waals surface area contributed by atoms with Gasteiger partial charge in [0.2, 0.25) is 0 Å². The first kappa shape index (κ1) is 42.8. The summed E-state index contributed by atoms with van der Waals surface area (Å²) in [6, 6.07) is 11.0. The topological polar surface area (TPSA) is 130 Å². The molecule has 0 atom stereocenters. The van der Waals surface area contributed by atoms with Gasteiger partial charge in [0.1, 0.15) is 29.6 Å². The SMILES string of the molecule is C.C.CC1(C)OB(c2ccc(N)c(P(C)(C)=O)c2)OC1(C)C.CP(C)(=O)c1cc(-c2nc(Cl)cs2)ccc1N.Clc1csc(Br)n1. The Labute approximate surface area is 301 Å². The van der Waals surface area contributed by atoms with E-state index in [4.69, 9.17) is 44.0 Å². The van der Waals surface area contributed by atoms with E-state index in [0.717, 1.165) is 20.0 Å². The number of aromatic nitrogens is 2. The van der Waals surface area contributed by atoms with Gasteiger partial charge in [-0.3, -0.25) is 0 Å². The zero-order valence-electron chi connectivity index (χ0n) is 25.7. The first-order valence-electron chi connectivity index (χ1n) is 13.2. The fraction of sp³-hybridized carbons (Fsp3) is 0.400. The molecule has 0 spiro atoms. The Morgan fingerprint density at radius 2 is 1.24 bits per heavy atom. The molecule has 0 radical (unpaired) electrons. The van der Waals surface area contributed by atoms with E-state index in [2.05, 4.69) is 25.9 Å². The van der Waals surface area contributed by atoms with Crippen LogP contribution in [-0.4, -0.2) is 54.9 Å². The Balaban J connectivity index is 0.000000370. The number of anilines is 2. The van der Waals surface area contributed by atoms with Crippen LogP contribution in [0.15, 0.2) is 51.1 Å². The van der Waals surface area contributed by atoms with Crippen LogP contribution in [0, 0.1) is 0 Å². The highest BCUT2D eigenvalue weighted by Crippen LogP contribution is 2.40. The summed E-state index contributed by atoms with van der Waals surface area (Å²) < 4.78 is 37.2. The van der Waals surface area contributed by atoms with Gasteiger partial charge in [0.25, 0.3) is 0 Å². The number of benzene rings is 2. The monoisotopic (exact) mass is 810 g/mol. The highest BCUT2D eigenvalue weighted by molar-refractivity contribution is 9.11. The molecule has 46 heavy (non-hydrogen) atoms. The molecule has 0 saturated carbocycles. The van der Waals surface area contributed by atoms with Gasteiger partial charge < -0.3 is 29.9 Å². The molecule has 1 fully saturated rings. The van der Waals surface area contributed by atoms with Crippen LogP contribution in [-0.2, 0) is 18.4 Å². The lowest BCUT2D eigenvalue weighted by Gasteiger charge is -2.32. The van der Waals surface area contributed by atoms with E-state index in [0.29, 0.717) is 32.3 Å². The van der Waals surface area contributed by atoms with Gasteiger partial charge in [0.05, 0.1) is 11.2 Å². The largest absolute Gasteiger partial charge is 0.494 e. The number of nitrogen functional groups attached to an aromatic ring is 2. The average Bonchev–Trinajstić information content (AvgIpc) is 3.55. The molecule has 0 unspecified atom stereocenters. The minimum absolute atomic E-state index is 0. The number of rotatable bonds is 4. The van der Waals surface area contributed by atoms with Gasteiger partial charge in [0.15, 0.2) is 3.92 Å². The maximum atomic E-state index is 12.3. The van der Waals surface area contributed by atoms with E-state index in [1.54, 1.807) is 49.6 Å². The van der Waals surface area contributed by atoms with Crippen LogP contribution < -0.4 is 27.5 Å². The third kappa shape index (κ3) is 11.2. The minimum atomic E-state index is -2.42. The van der Waals surface area contributed by atoms with Crippen LogP contribution in [0.25, 0.3) is 10.6 Å². The molecule has 4 N–H and O–H groups in total. The van der Waals surface area contributed by atoms with Crippen molar-refractivity contribution in [3.05, 3.63) is 61.4 Å². The molecule has 4 aromatic rings. The summed E-state index contributed by atoms with van der Waals surface area (Å²) in [5, 5.41) is 6.75. The first-order valence-corrected chi connectivity index (χ1v) is 21.8. The molecule has 254 valence electrons. The quantitative estimate of drug-likeness (QED) is 0.119. The number of halogens is 3. The average molecular weight is 812 g/mol.